The van der Waals surface area contributed by atoms with Crippen molar-refractivity contribution in [3.8, 4) is 11.5 Å². The minimum atomic E-state index is -0.583. The SMILES string of the molecule is COC(=O)c1ccc(COc2ccc(C=C3SC(=O)N(Cc4ccc(F)cc4)C3=O)cc2OC)o1. The van der Waals surface area contributed by atoms with E-state index in [0.29, 0.717) is 28.4 Å². The number of amides is 2. The molecule has 0 bridgehead atoms. The van der Waals surface area contributed by atoms with Gasteiger partial charge in [0.05, 0.1) is 25.7 Å². The first-order chi connectivity index (χ1) is 16.9. The molecule has 2 heterocycles. The Labute approximate surface area is 204 Å². The van der Waals surface area contributed by atoms with Crippen LogP contribution in [0.2, 0.25) is 0 Å². The maximum atomic E-state index is 13.1. The van der Waals surface area contributed by atoms with Crippen molar-refractivity contribution in [2.24, 2.45) is 0 Å². The quantitative estimate of drug-likeness (QED) is 0.316. The Bertz CT molecular complexity index is 1300. The molecule has 0 unspecified atom stereocenters. The third kappa shape index (κ3) is 5.55. The van der Waals surface area contributed by atoms with E-state index in [1.807, 2.05) is 0 Å². The topological polar surface area (TPSA) is 95.3 Å². The number of furan rings is 1. The van der Waals surface area contributed by atoms with E-state index < -0.39 is 17.1 Å². The monoisotopic (exact) mass is 497 g/mol. The molecule has 0 saturated carbocycles. The summed E-state index contributed by atoms with van der Waals surface area (Å²) in [6.45, 7) is 0.109. The van der Waals surface area contributed by atoms with Gasteiger partial charge in [0.15, 0.2) is 11.5 Å². The zero-order chi connectivity index (χ0) is 24.9. The molecule has 35 heavy (non-hydrogen) atoms. The van der Waals surface area contributed by atoms with Crippen LogP contribution in [-0.2, 0) is 22.7 Å². The maximum Gasteiger partial charge on any atom is 0.373 e. The summed E-state index contributed by atoms with van der Waals surface area (Å²) in [4.78, 5) is 38.1. The molecular weight excluding hydrogens is 477 g/mol. The van der Waals surface area contributed by atoms with Crippen molar-refractivity contribution in [3.63, 3.8) is 0 Å². The van der Waals surface area contributed by atoms with E-state index in [9.17, 15) is 18.8 Å². The zero-order valence-electron chi connectivity index (χ0n) is 18.8. The van der Waals surface area contributed by atoms with Crippen LogP contribution in [0.5, 0.6) is 11.5 Å². The number of nitrogens with zero attached hydrogens (tertiary/aromatic N) is 1. The smallest absolute Gasteiger partial charge is 0.373 e. The lowest BCUT2D eigenvalue weighted by Gasteiger charge is -2.12. The van der Waals surface area contributed by atoms with Crippen molar-refractivity contribution >= 4 is 35.0 Å². The number of ether oxygens (including phenoxy) is 3. The van der Waals surface area contributed by atoms with Crippen molar-refractivity contribution in [2.75, 3.05) is 14.2 Å². The molecule has 180 valence electrons. The van der Waals surface area contributed by atoms with Crippen LogP contribution in [-0.4, -0.2) is 36.2 Å². The van der Waals surface area contributed by atoms with Crippen molar-refractivity contribution in [3.05, 3.63) is 88.0 Å². The Hall–Kier alpha value is -4.05. The maximum absolute atomic E-state index is 13.1. The summed E-state index contributed by atoms with van der Waals surface area (Å²) in [5.74, 6) is -0.0790. The number of carbonyl (C=O) groups excluding carboxylic acids is 3. The Morgan fingerprint density at radius 3 is 2.54 bits per heavy atom. The molecule has 0 radical (unpaired) electrons. The third-order valence-electron chi connectivity index (χ3n) is 5.03. The van der Waals surface area contributed by atoms with E-state index in [-0.39, 0.29) is 29.6 Å². The Morgan fingerprint density at radius 2 is 1.83 bits per heavy atom. The van der Waals surface area contributed by atoms with Gasteiger partial charge in [-0.2, -0.15) is 0 Å². The highest BCUT2D eigenvalue weighted by molar-refractivity contribution is 8.18. The molecule has 1 aromatic heterocycles. The molecular formula is C25H20FNO7S. The highest BCUT2D eigenvalue weighted by Crippen LogP contribution is 2.35. The molecule has 8 nitrogen and oxygen atoms in total. The number of thioether (sulfide) groups is 1. The average molecular weight is 498 g/mol. The summed E-state index contributed by atoms with van der Waals surface area (Å²) in [7, 11) is 2.74. The van der Waals surface area contributed by atoms with Crippen molar-refractivity contribution < 1.29 is 37.4 Å². The molecule has 1 aliphatic rings. The van der Waals surface area contributed by atoms with Gasteiger partial charge in [-0.1, -0.05) is 18.2 Å². The van der Waals surface area contributed by atoms with Gasteiger partial charge in [0.25, 0.3) is 11.1 Å². The summed E-state index contributed by atoms with van der Waals surface area (Å²) in [5, 5.41) is -0.401. The standard InChI is InChI=1S/C25H20FNO7S/c1-31-21-11-16(5-9-19(21)33-14-18-8-10-20(34-18)24(29)32-2)12-22-23(28)27(25(30)35-22)13-15-3-6-17(26)7-4-15/h3-12H,13-14H2,1-2H3. The lowest BCUT2D eigenvalue weighted by Crippen LogP contribution is -2.27. The third-order valence-corrected chi connectivity index (χ3v) is 5.94. The highest BCUT2D eigenvalue weighted by atomic mass is 32.2. The van der Waals surface area contributed by atoms with E-state index in [0.717, 1.165) is 16.7 Å². The fraction of sp³-hybridized carbons (Fsp3) is 0.160. The first-order valence-corrected chi connectivity index (χ1v) is 11.2. The van der Waals surface area contributed by atoms with Crippen LogP contribution in [0.3, 0.4) is 0 Å². The van der Waals surface area contributed by atoms with Gasteiger partial charge in [-0.15, -0.1) is 0 Å². The summed E-state index contributed by atoms with van der Waals surface area (Å²) in [5.41, 5.74) is 1.28. The highest BCUT2D eigenvalue weighted by Gasteiger charge is 2.35. The van der Waals surface area contributed by atoms with Crippen LogP contribution >= 0.6 is 11.8 Å². The number of rotatable bonds is 8. The van der Waals surface area contributed by atoms with Crippen LogP contribution in [0.4, 0.5) is 9.18 Å². The van der Waals surface area contributed by atoms with E-state index in [4.69, 9.17) is 13.9 Å². The zero-order valence-corrected chi connectivity index (χ0v) is 19.6. The van der Waals surface area contributed by atoms with Gasteiger partial charge in [-0.05, 0) is 65.4 Å². The van der Waals surface area contributed by atoms with Crippen LogP contribution in [0.25, 0.3) is 6.08 Å². The first-order valence-electron chi connectivity index (χ1n) is 10.4. The normalized spacial score (nSPS) is 14.5. The van der Waals surface area contributed by atoms with Gasteiger partial charge in [0.2, 0.25) is 5.76 Å². The summed E-state index contributed by atoms with van der Waals surface area (Å²) < 4.78 is 34.3. The Balaban J connectivity index is 1.45. The molecule has 1 fully saturated rings. The first kappa shape index (κ1) is 24.1. The fourth-order valence-electron chi connectivity index (χ4n) is 3.27. The molecule has 1 aliphatic heterocycles. The Morgan fingerprint density at radius 1 is 1.06 bits per heavy atom. The largest absolute Gasteiger partial charge is 0.493 e. The second-order valence-electron chi connectivity index (χ2n) is 7.35. The van der Waals surface area contributed by atoms with Crippen LogP contribution in [0, 0.1) is 5.82 Å². The number of halogens is 1. The molecule has 4 rings (SSSR count). The predicted octanol–water partition coefficient (Wildman–Crippen LogP) is 5.03. The molecule has 0 aliphatic carbocycles. The van der Waals surface area contributed by atoms with Gasteiger partial charge in [0, 0.05) is 0 Å². The van der Waals surface area contributed by atoms with Crippen molar-refractivity contribution in [2.45, 2.75) is 13.2 Å². The van der Waals surface area contributed by atoms with Crippen molar-refractivity contribution in [1.29, 1.82) is 0 Å². The van der Waals surface area contributed by atoms with Crippen LogP contribution in [0.15, 0.2) is 63.9 Å². The number of esters is 1. The van der Waals surface area contributed by atoms with Crippen LogP contribution < -0.4 is 9.47 Å². The van der Waals surface area contributed by atoms with E-state index in [2.05, 4.69) is 4.74 Å². The summed E-state index contributed by atoms with van der Waals surface area (Å²) >= 11 is 0.833. The van der Waals surface area contributed by atoms with Gasteiger partial charge >= 0.3 is 5.97 Å². The fourth-order valence-corrected chi connectivity index (χ4v) is 4.11. The van der Waals surface area contributed by atoms with Gasteiger partial charge < -0.3 is 18.6 Å². The summed E-state index contributed by atoms with van der Waals surface area (Å²) in [6.07, 6.45) is 1.59. The number of imide groups is 1. The second-order valence-corrected chi connectivity index (χ2v) is 8.34. The van der Waals surface area contributed by atoms with E-state index in [1.165, 1.54) is 44.6 Å². The minimum absolute atomic E-state index is 0.0506. The number of hydrogen-bond acceptors (Lipinski definition) is 8. The molecule has 0 N–H and O–H groups in total. The van der Waals surface area contributed by atoms with Gasteiger partial charge in [-0.25, -0.2) is 9.18 Å². The lowest BCUT2D eigenvalue weighted by molar-refractivity contribution is -0.123. The molecule has 10 heteroatoms. The molecule has 0 spiro atoms. The number of methoxy groups -OCH3 is 2. The molecule has 1 saturated heterocycles. The molecule has 2 aromatic carbocycles. The number of hydrogen-bond donors (Lipinski definition) is 0. The minimum Gasteiger partial charge on any atom is -0.493 e. The lowest BCUT2D eigenvalue weighted by atomic mass is 10.1. The molecule has 3 aromatic rings. The van der Waals surface area contributed by atoms with Gasteiger partial charge in [0.1, 0.15) is 18.2 Å². The average Bonchev–Trinajstić information content (AvgIpc) is 3.44. The Kier molecular flexibility index (Phi) is 7.21. The number of benzene rings is 2. The predicted molar refractivity (Wildman–Crippen MR) is 125 cm³/mol. The van der Waals surface area contributed by atoms with E-state index in [1.54, 1.807) is 30.3 Å². The van der Waals surface area contributed by atoms with E-state index >= 15 is 0 Å². The molecule has 2 amide bonds. The van der Waals surface area contributed by atoms with Gasteiger partial charge in [-0.3, -0.25) is 14.5 Å². The molecule has 0 atom stereocenters. The summed E-state index contributed by atoms with van der Waals surface area (Å²) in [6, 6.07) is 13.8. The number of carbonyl (C=O) groups is 3. The van der Waals surface area contributed by atoms with Crippen molar-refractivity contribution in [1.82, 2.24) is 4.90 Å². The van der Waals surface area contributed by atoms with Crippen LogP contribution in [0.1, 0.15) is 27.4 Å². The second kappa shape index (κ2) is 10.5.